The smallest absolute Gasteiger partial charge is 0.156 e. The summed E-state index contributed by atoms with van der Waals surface area (Å²) in [6.45, 7) is 4.00. The fourth-order valence-electron chi connectivity index (χ4n) is 0.899. The minimum atomic E-state index is -1.47. The van der Waals surface area contributed by atoms with Crippen molar-refractivity contribution in [3.05, 3.63) is 50.2 Å². The standard InChI is InChI=1S/C10H8Cl3NOS2.C2H6/c11-5-1-2-10(16)17(15)14-7-3-4-8(12)9(13)6-7;1-2/h1-6,14,16H;1-2H3/b5-1+,10-2+;. The van der Waals surface area contributed by atoms with Gasteiger partial charge >= 0.3 is 0 Å². The van der Waals surface area contributed by atoms with Gasteiger partial charge in [0.2, 0.25) is 0 Å². The molecule has 2 nitrogen and oxygen atoms in total. The number of benzene rings is 1. The average Bonchev–Trinajstić information content (AvgIpc) is 2.42. The number of nitrogens with one attached hydrogen (secondary N) is 1. The molecular formula is C12H14Cl3NOS2. The van der Waals surface area contributed by atoms with Crippen molar-refractivity contribution in [2.45, 2.75) is 13.8 Å². The highest BCUT2D eigenvalue weighted by Crippen LogP contribution is 2.25. The molecule has 1 rings (SSSR count). The highest BCUT2D eigenvalue weighted by molar-refractivity contribution is 8.07. The van der Waals surface area contributed by atoms with E-state index in [2.05, 4.69) is 17.4 Å². The van der Waals surface area contributed by atoms with Gasteiger partial charge in [0.15, 0.2) is 11.0 Å². The first kappa shape index (κ1) is 18.9. The summed E-state index contributed by atoms with van der Waals surface area (Å²) in [6, 6.07) is 4.87. The molecule has 106 valence electrons. The number of thiol groups is 1. The fraction of sp³-hybridized carbons (Fsp3) is 0.167. The summed E-state index contributed by atoms with van der Waals surface area (Å²) in [4.78, 5) is 0. The van der Waals surface area contributed by atoms with Crippen LogP contribution in [0.15, 0.2) is 40.1 Å². The fourth-order valence-corrected chi connectivity index (χ4v) is 2.14. The molecule has 1 N–H and O–H groups in total. The van der Waals surface area contributed by atoms with E-state index in [1.807, 2.05) is 13.8 Å². The quantitative estimate of drug-likeness (QED) is 0.531. The van der Waals surface area contributed by atoms with Crippen LogP contribution in [0.1, 0.15) is 13.8 Å². The van der Waals surface area contributed by atoms with Crippen molar-refractivity contribution < 1.29 is 4.21 Å². The number of hydrogen-bond acceptors (Lipinski definition) is 2. The minimum absolute atomic E-state index is 0.341. The summed E-state index contributed by atoms with van der Waals surface area (Å²) in [5, 5.41) is 0.828. The lowest BCUT2D eigenvalue weighted by atomic mass is 10.3. The molecule has 0 heterocycles. The zero-order valence-corrected chi connectivity index (χ0v) is 14.3. The van der Waals surface area contributed by atoms with Crippen LogP contribution in [0.5, 0.6) is 0 Å². The van der Waals surface area contributed by atoms with E-state index in [9.17, 15) is 4.21 Å². The summed E-state index contributed by atoms with van der Waals surface area (Å²) in [5.41, 5.74) is 1.89. The zero-order valence-electron chi connectivity index (χ0n) is 10.4. The molecule has 0 spiro atoms. The van der Waals surface area contributed by atoms with Crippen LogP contribution in [0.4, 0.5) is 5.69 Å². The predicted octanol–water partition coefficient (Wildman–Crippen LogP) is 5.62. The highest BCUT2D eigenvalue weighted by atomic mass is 35.5. The Balaban J connectivity index is 0.00000154. The molecule has 1 aromatic carbocycles. The third-order valence-electron chi connectivity index (χ3n) is 1.63. The van der Waals surface area contributed by atoms with Crippen molar-refractivity contribution in [3.63, 3.8) is 0 Å². The molecule has 19 heavy (non-hydrogen) atoms. The van der Waals surface area contributed by atoms with Gasteiger partial charge in [0.05, 0.1) is 14.3 Å². The zero-order chi connectivity index (χ0) is 14.8. The van der Waals surface area contributed by atoms with Gasteiger partial charge in [-0.2, -0.15) is 0 Å². The van der Waals surface area contributed by atoms with Crippen molar-refractivity contribution in [1.29, 1.82) is 0 Å². The number of anilines is 1. The summed E-state index contributed by atoms with van der Waals surface area (Å²) >= 11 is 21.0. The molecule has 0 radical (unpaired) electrons. The molecule has 0 amide bonds. The summed E-state index contributed by atoms with van der Waals surface area (Å²) in [6.07, 6.45) is 3.05. The van der Waals surface area contributed by atoms with E-state index < -0.39 is 11.0 Å². The maximum atomic E-state index is 11.7. The number of rotatable bonds is 4. The maximum Gasteiger partial charge on any atom is 0.156 e. The molecule has 0 fully saturated rings. The van der Waals surface area contributed by atoms with Gasteiger partial charge in [0.1, 0.15) is 0 Å². The molecular weight excluding hydrogens is 345 g/mol. The van der Waals surface area contributed by atoms with Gasteiger partial charge in [-0.25, -0.2) is 4.21 Å². The van der Waals surface area contributed by atoms with E-state index >= 15 is 0 Å². The molecule has 0 aliphatic heterocycles. The molecule has 7 heteroatoms. The Bertz CT molecular complexity index is 490. The number of hydrogen-bond donors (Lipinski definition) is 2. The molecule has 1 aromatic rings. The molecule has 0 aliphatic carbocycles. The van der Waals surface area contributed by atoms with Crippen molar-refractivity contribution in [2.24, 2.45) is 0 Å². The Morgan fingerprint density at radius 1 is 1.32 bits per heavy atom. The van der Waals surface area contributed by atoms with Crippen molar-refractivity contribution in [2.75, 3.05) is 4.72 Å². The van der Waals surface area contributed by atoms with Gasteiger partial charge in [0.25, 0.3) is 0 Å². The first-order valence-electron chi connectivity index (χ1n) is 5.34. The van der Waals surface area contributed by atoms with Gasteiger partial charge in [-0.05, 0) is 30.4 Å². The molecule has 0 aliphatic rings. The van der Waals surface area contributed by atoms with E-state index in [1.165, 1.54) is 17.7 Å². The van der Waals surface area contributed by atoms with Crippen LogP contribution in [-0.2, 0) is 11.0 Å². The lowest BCUT2D eigenvalue weighted by molar-refractivity contribution is 0.691. The van der Waals surface area contributed by atoms with Gasteiger partial charge in [0, 0.05) is 11.2 Å². The average molecular weight is 359 g/mol. The van der Waals surface area contributed by atoms with Crippen LogP contribution in [0.2, 0.25) is 10.0 Å². The van der Waals surface area contributed by atoms with E-state index in [4.69, 9.17) is 34.8 Å². The van der Waals surface area contributed by atoms with Gasteiger partial charge in [-0.15, -0.1) is 12.6 Å². The Morgan fingerprint density at radius 3 is 2.47 bits per heavy atom. The first-order valence-corrected chi connectivity index (χ1v) is 8.13. The van der Waals surface area contributed by atoms with Crippen LogP contribution >= 0.6 is 47.4 Å². The Kier molecular flexibility index (Phi) is 10.6. The molecule has 1 unspecified atom stereocenters. The Labute approximate surface area is 136 Å². The molecule has 1 atom stereocenters. The monoisotopic (exact) mass is 357 g/mol. The highest BCUT2D eigenvalue weighted by Gasteiger charge is 2.04. The summed E-state index contributed by atoms with van der Waals surface area (Å²) in [5.74, 6) is 0. The maximum absolute atomic E-state index is 11.7. The lowest BCUT2D eigenvalue weighted by Gasteiger charge is -2.06. The second-order valence-corrected chi connectivity index (χ2v) is 5.86. The topological polar surface area (TPSA) is 29.1 Å². The lowest BCUT2D eigenvalue weighted by Crippen LogP contribution is -2.03. The van der Waals surface area contributed by atoms with Crippen molar-refractivity contribution >= 4 is 64.1 Å². The summed E-state index contributed by atoms with van der Waals surface area (Å²) in [7, 11) is -1.47. The largest absolute Gasteiger partial charge is 0.301 e. The molecule has 0 saturated carbocycles. The van der Waals surface area contributed by atoms with Crippen LogP contribution in [0.3, 0.4) is 0 Å². The Hall–Kier alpha value is -0.130. The van der Waals surface area contributed by atoms with Crippen LogP contribution in [-0.4, -0.2) is 4.21 Å². The summed E-state index contributed by atoms with van der Waals surface area (Å²) < 4.78 is 14.8. The Morgan fingerprint density at radius 2 is 1.95 bits per heavy atom. The second-order valence-electron chi connectivity index (χ2n) is 2.82. The van der Waals surface area contributed by atoms with Gasteiger partial charge in [-0.3, -0.25) is 0 Å². The van der Waals surface area contributed by atoms with E-state index in [-0.39, 0.29) is 0 Å². The molecule has 0 aromatic heterocycles. The van der Waals surface area contributed by atoms with Crippen LogP contribution < -0.4 is 4.72 Å². The normalized spacial score (nSPS) is 12.8. The van der Waals surface area contributed by atoms with Crippen LogP contribution in [0.25, 0.3) is 0 Å². The van der Waals surface area contributed by atoms with Gasteiger partial charge in [-0.1, -0.05) is 48.7 Å². The van der Waals surface area contributed by atoms with Crippen molar-refractivity contribution in [1.82, 2.24) is 0 Å². The molecule has 0 bridgehead atoms. The van der Waals surface area contributed by atoms with E-state index in [0.717, 1.165) is 0 Å². The minimum Gasteiger partial charge on any atom is -0.301 e. The van der Waals surface area contributed by atoms with E-state index in [1.54, 1.807) is 18.2 Å². The first-order chi connectivity index (χ1) is 9.04. The number of allylic oxidation sites excluding steroid dienone is 2. The van der Waals surface area contributed by atoms with Crippen LogP contribution in [0, 0.1) is 0 Å². The third kappa shape index (κ3) is 7.28. The SMILES string of the molecule is CC.O=S(Nc1ccc(Cl)c(Cl)c1)/C(S)=C/C=C/Cl. The predicted molar refractivity (Wildman–Crippen MR) is 91.6 cm³/mol. The second kappa shape index (κ2) is 10.6. The van der Waals surface area contributed by atoms with Crippen molar-refractivity contribution in [3.8, 4) is 0 Å². The molecule has 0 saturated heterocycles. The third-order valence-corrected chi connectivity index (χ3v) is 4.10. The van der Waals surface area contributed by atoms with Gasteiger partial charge < -0.3 is 4.72 Å². The number of halogens is 3. The van der Waals surface area contributed by atoms with E-state index in [0.29, 0.717) is 20.0 Å².